The number of carbonyl (C=O) groups is 1. The second-order valence-corrected chi connectivity index (χ2v) is 6.26. The van der Waals surface area contributed by atoms with Gasteiger partial charge in [-0.1, -0.05) is 19.9 Å². The molecule has 1 amide bonds. The van der Waals surface area contributed by atoms with Crippen LogP contribution in [-0.2, 0) is 11.2 Å². The van der Waals surface area contributed by atoms with Crippen molar-refractivity contribution in [1.82, 2.24) is 0 Å². The van der Waals surface area contributed by atoms with Crippen LogP contribution in [0.2, 0.25) is 0 Å². The predicted molar refractivity (Wildman–Crippen MR) is 83.4 cm³/mol. The number of aryl methyl sites for hydroxylation is 1. The maximum atomic E-state index is 12.4. The summed E-state index contributed by atoms with van der Waals surface area (Å²) < 4.78 is 0. The highest BCUT2D eigenvalue weighted by Gasteiger charge is 2.25. The van der Waals surface area contributed by atoms with Gasteiger partial charge in [0, 0.05) is 36.9 Å². The first-order chi connectivity index (χ1) is 9.66. The molecule has 3 heteroatoms. The summed E-state index contributed by atoms with van der Waals surface area (Å²) in [4.78, 5) is 16.8. The number of anilines is 2. The molecule has 108 valence electrons. The second kappa shape index (κ2) is 5.47. The molecule has 0 aromatic heterocycles. The van der Waals surface area contributed by atoms with Gasteiger partial charge in [-0.05, 0) is 43.4 Å². The van der Waals surface area contributed by atoms with Crippen LogP contribution < -0.4 is 9.80 Å². The summed E-state index contributed by atoms with van der Waals surface area (Å²) in [5.74, 6) is 0.320. The van der Waals surface area contributed by atoms with Gasteiger partial charge in [0.15, 0.2) is 0 Å². The Morgan fingerprint density at radius 2 is 1.85 bits per heavy atom. The lowest BCUT2D eigenvalue weighted by Crippen LogP contribution is -2.38. The van der Waals surface area contributed by atoms with E-state index in [4.69, 9.17) is 0 Å². The van der Waals surface area contributed by atoms with Crippen molar-refractivity contribution in [3.05, 3.63) is 23.8 Å². The van der Waals surface area contributed by atoms with Crippen molar-refractivity contribution in [2.24, 2.45) is 5.92 Å². The first-order valence-electron chi connectivity index (χ1n) is 7.86. The summed E-state index contributed by atoms with van der Waals surface area (Å²) in [6.07, 6.45) is 4.74. The van der Waals surface area contributed by atoms with Gasteiger partial charge < -0.3 is 9.80 Å². The van der Waals surface area contributed by atoms with Crippen LogP contribution in [0.3, 0.4) is 0 Å². The van der Waals surface area contributed by atoms with Crippen molar-refractivity contribution in [1.29, 1.82) is 0 Å². The van der Waals surface area contributed by atoms with Crippen molar-refractivity contribution < 1.29 is 4.79 Å². The summed E-state index contributed by atoms with van der Waals surface area (Å²) in [5, 5.41) is 0. The van der Waals surface area contributed by atoms with Crippen LogP contribution in [0, 0.1) is 5.92 Å². The zero-order valence-electron chi connectivity index (χ0n) is 12.6. The number of amides is 1. The Hall–Kier alpha value is -1.51. The summed E-state index contributed by atoms with van der Waals surface area (Å²) >= 11 is 0. The molecule has 0 aliphatic carbocycles. The van der Waals surface area contributed by atoms with Gasteiger partial charge in [0.2, 0.25) is 5.91 Å². The smallest absolute Gasteiger partial charge is 0.229 e. The summed E-state index contributed by atoms with van der Waals surface area (Å²) in [5.41, 5.74) is 3.76. The molecule has 0 spiro atoms. The van der Waals surface area contributed by atoms with E-state index >= 15 is 0 Å². The van der Waals surface area contributed by atoms with Gasteiger partial charge in [-0.15, -0.1) is 0 Å². The Morgan fingerprint density at radius 3 is 2.55 bits per heavy atom. The van der Waals surface area contributed by atoms with Crippen LogP contribution in [-0.4, -0.2) is 25.5 Å². The fourth-order valence-electron chi connectivity index (χ4n) is 3.28. The summed E-state index contributed by atoms with van der Waals surface area (Å²) in [6, 6.07) is 6.69. The van der Waals surface area contributed by atoms with Crippen molar-refractivity contribution in [2.45, 2.75) is 39.5 Å². The summed E-state index contributed by atoms with van der Waals surface area (Å²) in [7, 11) is 0. The molecule has 1 saturated heterocycles. The second-order valence-electron chi connectivity index (χ2n) is 6.26. The fourth-order valence-corrected chi connectivity index (χ4v) is 3.28. The van der Waals surface area contributed by atoms with Gasteiger partial charge in [-0.25, -0.2) is 0 Å². The van der Waals surface area contributed by atoms with Gasteiger partial charge in [-0.2, -0.15) is 0 Å². The topological polar surface area (TPSA) is 23.6 Å². The molecule has 2 aliphatic rings. The normalized spacial score (nSPS) is 18.6. The SMILES string of the molecule is CC(C)C(=O)N1CCCc2ccc(N3CCCC3)cc21. The zero-order chi connectivity index (χ0) is 14.1. The minimum Gasteiger partial charge on any atom is -0.371 e. The minimum absolute atomic E-state index is 0.0661. The van der Waals surface area contributed by atoms with E-state index in [9.17, 15) is 4.79 Å². The van der Waals surface area contributed by atoms with Crippen molar-refractivity contribution >= 4 is 17.3 Å². The molecular weight excluding hydrogens is 248 g/mol. The van der Waals surface area contributed by atoms with Crippen LogP contribution in [0.1, 0.15) is 38.7 Å². The highest BCUT2D eigenvalue weighted by Crippen LogP contribution is 2.33. The molecule has 2 heterocycles. The van der Waals surface area contributed by atoms with Gasteiger partial charge in [0.25, 0.3) is 0 Å². The predicted octanol–water partition coefficient (Wildman–Crippen LogP) is 3.22. The van der Waals surface area contributed by atoms with E-state index in [1.165, 1.54) is 24.1 Å². The van der Waals surface area contributed by atoms with Crippen LogP contribution in [0.15, 0.2) is 18.2 Å². The first-order valence-corrected chi connectivity index (χ1v) is 7.86. The van der Waals surface area contributed by atoms with Crippen molar-refractivity contribution in [3.63, 3.8) is 0 Å². The van der Waals surface area contributed by atoms with E-state index in [1.807, 2.05) is 18.7 Å². The Kier molecular flexibility index (Phi) is 3.68. The first kappa shape index (κ1) is 13.5. The molecule has 1 aromatic carbocycles. The Morgan fingerprint density at radius 1 is 1.10 bits per heavy atom. The van der Waals surface area contributed by atoms with Gasteiger partial charge in [0.05, 0.1) is 0 Å². The van der Waals surface area contributed by atoms with Crippen LogP contribution >= 0.6 is 0 Å². The number of nitrogens with zero attached hydrogens (tertiary/aromatic N) is 2. The Labute approximate surface area is 121 Å². The standard InChI is InChI=1S/C17H24N2O/c1-13(2)17(20)19-11-5-6-14-7-8-15(12-16(14)19)18-9-3-4-10-18/h7-8,12-13H,3-6,9-11H2,1-2H3. The summed E-state index contributed by atoms with van der Waals surface area (Å²) in [6.45, 7) is 7.14. The molecular formula is C17H24N2O. The lowest BCUT2D eigenvalue weighted by atomic mass is 9.99. The molecule has 1 fully saturated rings. The van der Waals surface area contributed by atoms with Crippen LogP contribution in [0.25, 0.3) is 0 Å². The van der Waals surface area contributed by atoms with E-state index in [1.54, 1.807) is 0 Å². The largest absolute Gasteiger partial charge is 0.371 e. The van der Waals surface area contributed by atoms with E-state index < -0.39 is 0 Å². The van der Waals surface area contributed by atoms with Crippen LogP contribution in [0.5, 0.6) is 0 Å². The van der Waals surface area contributed by atoms with E-state index in [-0.39, 0.29) is 11.8 Å². The van der Waals surface area contributed by atoms with Crippen molar-refractivity contribution in [2.75, 3.05) is 29.4 Å². The maximum absolute atomic E-state index is 12.4. The third-order valence-electron chi connectivity index (χ3n) is 4.42. The molecule has 0 radical (unpaired) electrons. The monoisotopic (exact) mass is 272 g/mol. The minimum atomic E-state index is 0.0661. The molecule has 2 aliphatic heterocycles. The fraction of sp³-hybridized carbons (Fsp3) is 0.588. The number of rotatable bonds is 2. The van der Waals surface area contributed by atoms with E-state index in [0.717, 1.165) is 38.2 Å². The van der Waals surface area contributed by atoms with E-state index in [2.05, 4.69) is 23.1 Å². The molecule has 0 bridgehead atoms. The number of benzene rings is 1. The number of hydrogen-bond acceptors (Lipinski definition) is 2. The molecule has 3 nitrogen and oxygen atoms in total. The molecule has 3 rings (SSSR count). The number of fused-ring (bicyclic) bond motifs is 1. The molecule has 0 atom stereocenters. The van der Waals surface area contributed by atoms with Crippen LogP contribution in [0.4, 0.5) is 11.4 Å². The Balaban J connectivity index is 1.93. The molecule has 0 saturated carbocycles. The third-order valence-corrected chi connectivity index (χ3v) is 4.42. The lowest BCUT2D eigenvalue weighted by Gasteiger charge is -2.32. The van der Waals surface area contributed by atoms with Gasteiger partial charge >= 0.3 is 0 Å². The van der Waals surface area contributed by atoms with Crippen molar-refractivity contribution in [3.8, 4) is 0 Å². The molecule has 0 N–H and O–H groups in total. The Bertz CT molecular complexity index is 504. The average Bonchev–Trinajstić information content (AvgIpc) is 2.99. The highest BCUT2D eigenvalue weighted by atomic mass is 16.2. The quantitative estimate of drug-likeness (QED) is 0.825. The lowest BCUT2D eigenvalue weighted by molar-refractivity contribution is -0.121. The third kappa shape index (κ3) is 2.41. The maximum Gasteiger partial charge on any atom is 0.229 e. The average molecular weight is 272 g/mol. The number of carbonyl (C=O) groups excluding carboxylic acids is 1. The van der Waals surface area contributed by atoms with Gasteiger partial charge in [-0.3, -0.25) is 4.79 Å². The molecule has 20 heavy (non-hydrogen) atoms. The molecule has 0 unspecified atom stereocenters. The van der Waals surface area contributed by atoms with Gasteiger partial charge in [0.1, 0.15) is 0 Å². The highest BCUT2D eigenvalue weighted by molar-refractivity contribution is 5.96. The number of hydrogen-bond donors (Lipinski definition) is 0. The zero-order valence-corrected chi connectivity index (χ0v) is 12.6. The molecule has 1 aromatic rings. The van der Waals surface area contributed by atoms with E-state index in [0.29, 0.717) is 0 Å².